The van der Waals surface area contributed by atoms with Crippen molar-refractivity contribution in [2.75, 3.05) is 20.6 Å². The Morgan fingerprint density at radius 1 is 1.12 bits per heavy atom. The Labute approximate surface area is 146 Å². The molecule has 24 heavy (non-hydrogen) atoms. The number of amides is 2. The number of nitrogens with one attached hydrogen (secondary N) is 1. The first-order valence-corrected chi connectivity index (χ1v) is 7.87. The Balaban J connectivity index is 2.12. The van der Waals surface area contributed by atoms with Gasteiger partial charge in [-0.2, -0.15) is 0 Å². The number of primary amides is 1. The third-order valence-electron chi connectivity index (χ3n) is 3.75. The van der Waals surface area contributed by atoms with Gasteiger partial charge >= 0.3 is 0 Å². The van der Waals surface area contributed by atoms with Crippen LogP contribution in [-0.2, 0) is 0 Å². The highest BCUT2D eigenvalue weighted by atomic mass is 35.5. The van der Waals surface area contributed by atoms with Crippen molar-refractivity contribution in [3.8, 4) is 0 Å². The normalized spacial score (nSPS) is 12.0. The Bertz CT molecular complexity index is 747. The summed E-state index contributed by atoms with van der Waals surface area (Å²) in [5.74, 6) is -0.830. The van der Waals surface area contributed by atoms with Gasteiger partial charge < -0.3 is 16.0 Å². The van der Waals surface area contributed by atoms with Crippen LogP contribution in [0.3, 0.4) is 0 Å². The molecule has 0 aliphatic rings. The summed E-state index contributed by atoms with van der Waals surface area (Å²) in [7, 11) is 3.85. The molecule has 0 radical (unpaired) electrons. The summed E-state index contributed by atoms with van der Waals surface area (Å²) in [6.45, 7) is 0.385. The van der Waals surface area contributed by atoms with Crippen molar-refractivity contribution in [2.45, 2.75) is 6.04 Å². The SMILES string of the molecule is CN(C)[C@@H](CNC(=O)c1cccc(C(N)=O)c1)c1ccccc1Cl. The molecule has 126 valence electrons. The van der Waals surface area contributed by atoms with Crippen LogP contribution >= 0.6 is 11.6 Å². The van der Waals surface area contributed by atoms with Gasteiger partial charge in [0.15, 0.2) is 0 Å². The second-order valence-electron chi connectivity index (χ2n) is 5.66. The molecule has 0 bridgehead atoms. The number of benzene rings is 2. The molecule has 0 aromatic heterocycles. The van der Waals surface area contributed by atoms with E-state index >= 15 is 0 Å². The van der Waals surface area contributed by atoms with Crippen molar-refractivity contribution in [1.82, 2.24) is 10.2 Å². The number of nitrogens with zero attached hydrogens (tertiary/aromatic N) is 1. The fourth-order valence-corrected chi connectivity index (χ4v) is 2.68. The van der Waals surface area contributed by atoms with Gasteiger partial charge in [-0.3, -0.25) is 9.59 Å². The minimum Gasteiger partial charge on any atom is -0.366 e. The minimum absolute atomic E-state index is 0.0676. The van der Waals surface area contributed by atoms with E-state index in [9.17, 15) is 9.59 Å². The quantitative estimate of drug-likeness (QED) is 0.844. The molecule has 2 amide bonds. The van der Waals surface area contributed by atoms with Crippen LogP contribution < -0.4 is 11.1 Å². The molecule has 0 aliphatic carbocycles. The zero-order chi connectivity index (χ0) is 17.7. The summed E-state index contributed by atoms with van der Waals surface area (Å²) in [4.78, 5) is 25.6. The van der Waals surface area contributed by atoms with Crippen LogP contribution in [0, 0.1) is 0 Å². The summed E-state index contributed by atoms with van der Waals surface area (Å²) >= 11 is 6.26. The van der Waals surface area contributed by atoms with Crippen molar-refractivity contribution in [1.29, 1.82) is 0 Å². The number of halogens is 1. The molecule has 0 saturated carbocycles. The first-order chi connectivity index (χ1) is 11.4. The van der Waals surface area contributed by atoms with Gasteiger partial charge in [0, 0.05) is 22.7 Å². The third-order valence-corrected chi connectivity index (χ3v) is 4.10. The maximum Gasteiger partial charge on any atom is 0.251 e. The van der Waals surface area contributed by atoms with Gasteiger partial charge in [0.2, 0.25) is 5.91 Å². The van der Waals surface area contributed by atoms with Gasteiger partial charge in [-0.25, -0.2) is 0 Å². The molecule has 0 aliphatic heterocycles. The summed E-state index contributed by atoms with van der Waals surface area (Å²) < 4.78 is 0. The number of hydrogen-bond acceptors (Lipinski definition) is 3. The third kappa shape index (κ3) is 4.34. The van der Waals surface area contributed by atoms with Crippen LogP contribution in [0.15, 0.2) is 48.5 Å². The molecule has 0 spiro atoms. The van der Waals surface area contributed by atoms with Gasteiger partial charge in [-0.05, 0) is 43.9 Å². The lowest BCUT2D eigenvalue weighted by atomic mass is 10.1. The van der Waals surface area contributed by atoms with Crippen LogP contribution in [0.4, 0.5) is 0 Å². The van der Waals surface area contributed by atoms with E-state index in [1.54, 1.807) is 18.2 Å². The predicted octanol–water partition coefficient (Wildman–Crippen LogP) is 2.47. The van der Waals surface area contributed by atoms with Gasteiger partial charge in [0.1, 0.15) is 0 Å². The zero-order valence-corrected chi connectivity index (χ0v) is 14.4. The van der Waals surface area contributed by atoms with E-state index in [0.29, 0.717) is 22.7 Å². The highest BCUT2D eigenvalue weighted by Gasteiger charge is 2.18. The van der Waals surface area contributed by atoms with Crippen molar-refractivity contribution in [3.63, 3.8) is 0 Å². The Hall–Kier alpha value is -2.37. The summed E-state index contributed by atoms with van der Waals surface area (Å²) in [6, 6.07) is 13.8. The van der Waals surface area contributed by atoms with E-state index in [-0.39, 0.29) is 11.9 Å². The van der Waals surface area contributed by atoms with Crippen LogP contribution in [0.1, 0.15) is 32.3 Å². The molecule has 2 rings (SSSR count). The first kappa shape index (κ1) is 18.0. The Morgan fingerprint density at radius 2 is 1.79 bits per heavy atom. The van der Waals surface area contributed by atoms with Crippen LogP contribution in [0.2, 0.25) is 5.02 Å². The maximum absolute atomic E-state index is 12.3. The molecule has 0 heterocycles. The molecule has 0 saturated heterocycles. The Morgan fingerprint density at radius 3 is 2.42 bits per heavy atom. The number of nitrogens with two attached hydrogens (primary N) is 1. The van der Waals surface area contributed by atoms with Gasteiger partial charge in [0.25, 0.3) is 5.91 Å². The molecule has 2 aromatic carbocycles. The molecule has 5 nitrogen and oxygen atoms in total. The monoisotopic (exact) mass is 345 g/mol. The lowest BCUT2D eigenvalue weighted by Gasteiger charge is -2.26. The molecular formula is C18H20ClN3O2. The largest absolute Gasteiger partial charge is 0.366 e. The van der Waals surface area contributed by atoms with Gasteiger partial charge in [-0.1, -0.05) is 35.9 Å². The molecule has 1 atom stereocenters. The number of hydrogen-bond donors (Lipinski definition) is 2. The number of rotatable bonds is 6. The summed E-state index contributed by atoms with van der Waals surface area (Å²) in [6.07, 6.45) is 0. The molecule has 0 fully saturated rings. The van der Waals surface area contributed by atoms with E-state index < -0.39 is 5.91 Å². The van der Waals surface area contributed by atoms with Crippen molar-refractivity contribution < 1.29 is 9.59 Å². The first-order valence-electron chi connectivity index (χ1n) is 7.49. The van der Waals surface area contributed by atoms with Gasteiger partial charge in [-0.15, -0.1) is 0 Å². The van der Waals surface area contributed by atoms with Crippen molar-refractivity contribution in [2.24, 2.45) is 5.73 Å². The average Bonchev–Trinajstić information content (AvgIpc) is 2.56. The predicted molar refractivity (Wildman–Crippen MR) is 95.2 cm³/mol. The van der Waals surface area contributed by atoms with E-state index in [1.165, 1.54) is 6.07 Å². The molecule has 0 unspecified atom stereocenters. The summed E-state index contributed by atoms with van der Waals surface area (Å²) in [5.41, 5.74) is 6.88. The Kier molecular flexibility index (Phi) is 5.95. The molecular weight excluding hydrogens is 326 g/mol. The molecule has 3 N–H and O–H groups in total. The van der Waals surface area contributed by atoms with Crippen LogP contribution in [0.25, 0.3) is 0 Å². The second kappa shape index (κ2) is 7.95. The smallest absolute Gasteiger partial charge is 0.251 e. The topological polar surface area (TPSA) is 75.4 Å². The number of carbonyl (C=O) groups excluding carboxylic acids is 2. The maximum atomic E-state index is 12.3. The number of carbonyl (C=O) groups is 2. The molecule has 6 heteroatoms. The zero-order valence-electron chi connectivity index (χ0n) is 13.6. The number of likely N-dealkylation sites (N-methyl/N-ethyl adjacent to an activating group) is 1. The highest BCUT2D eigenvalue weighted by molar-refractivity contribution is 6.31. The average molecular weight is 346 g/mol. The molecule has 2 aromatic rings. The van der Waals surface area contributed by atoms with Crippen LogP contribution in [0.5, 0.6) is 0 Å². The van der Waals surface area contributed by atoms with Crippen molar-refractivity contribution >= 4 is 23.4 Å². The lowest BCUT2D eigenvalue weighted by Crippen LogP contribution is -2.34. The second-order valence-corrected chi connectivity index (χ2v) is 6.06. The van der Waals surface area contributed by atoms with Crippen molar-refractivity contribution in [3.05, 3.63) is 70.2 Å². The van der Waals surface area contributed by atoms with E-state index in [4.69, 9.17) is 17.3 Å². The van der Waals surface area contributed by atoms with E-state index in [1.807, 2.05) is 43.3 Å². The van der Waals surface area contributed by atoms with E-state index in [0.717, 1.165) is 5.56 Å². The fourth-order valence-electron chi connectivity index (χ4n) is 2.42. The van der Waals surface area contributed by atoms with Crippen LogP contribution in [-0.4, -0.2) is 37.4 Å². The van der Waals surface area contributed by atoms with Gasteiger partial charge in [0.05, 0.1) is 6.04 Å². The highest BCUT2D eigenvalue weighted by Crippen LogP contribution is 2.25. The lowest BCUT2D eigenvalue weighted by molar-refractivity contribution is 0.0942. The standard InChI is InChI=1S/C18H20ClN3O2/c1-22(2)16(14-8-3-4-9-15(14)19)11-21-18(24)13-7-5-6-12(10-13)17(20)23/h3-10,16H,11H2,1-2H3,(H2,20,23)(H,21,24)/t16-/m0/s1. The summed E-state index contributed by atoms with van der Waals surface area (Å²) in [5, 5.41) is 3.53. The fraction of sp³-hybridized carbons (Fsp3) is 0.222. The van der Waals surface area contributed by atoms with E-state index in [2.05, 4.69) is 5.32 Å². The minimum atomic E-state index is -0.563.